The Kier molecular flexibility index (Phi) is 3.38. The van der Waals surface area contributed by atoms with E-state index < -0.39 is 11.9 Å². The van der Waals surface area contributed by atoms with Crippen molar-refractivity contribution >= 4 is 11.9 Å². The van der Waals surface area contributed by atoms with E-state index >= 15 is 0 Å². The second-order valence-corrected chi connectivity index (χ2v) is 5.45. The number of carbonyl (C=O) groups is 2. The van der Waals surface area contributed by atoms with Crippen LogP contribution < -0.4 is 0 Å². The summed E-state index contributed by atoms with van der Waals surface area (Å²) in [6, 6.07) is 0.125. The average Bonchev–Trinajstić information content (AvgIpc) is 2.13. The highest BCUT2D eigenvalue weighted by atomic mass is 16.4. The molecular formula is C12H19NO4. The lowest BCUT2D eigenvalue weighted by Crippen LogP contribution is -2.54. The number of carboxylic acids is 2. The second kappa shape index (κ2) is 4.64. The van der Waals surface area contributed by atoms with Crippen LogP contribution in [0, 0.1) is 17.8 Å². The molecule has 3 rings (SSSR count). The number of hydrogen-bond donors (Lipinski definition) is 2. The zero-order chi connectivity index (χ0) is 12.6. The molecule has 2 bridgehead atoms. The molecule has 0 spiro atoms. The Morgan fingerprint density at radius 3 is 2.06 bits per heavy atom. The summed E-state index contributed by atoms with van der Waals surface area (Å²) in [6.45, 7) is 1.79. The molecule has 17 heavy (non-hydrogen) atoms. The standard InChI is InChI=1S/C12H19NO4/c1-7-9-2-8(3-9)4-10(7)13(5-11(14)15)6-12(16)17/h7-10H,2-6H2,1H3,(H,14,15)(H,16,17)/t7-,8-,9+,10-/m0/s1. The Morgan fingerprint density at radius 2 is 1.65 bits per heavy atom. The minimum absolute atomic E-state index is 0.125. The fourth-order valence-electron chi connectivity index (χ4n) is 3.40. The maximum absolute atomic E-state index is 10.8. The van der Waals surface area contributed by atoms with Crippen molar-refractivity contribution in [2.75, 3.05) is 13.1 Å². The molecular weight excluding hydrogens is 222 g/mol. The van der Waals surface area contributed by atoms with Gasteiger partial charge in [-0.15, -0.1) is 0 Å². The molecule has 3 fully saturated rings. The van der Waals surface area contributed by atoms with Crippen LogP contribution in [0.1, 0.15) is 26.2 Å². The first-order chi connectivity index (χ1) is 7.97. The van der Waals surface area contributed by atoms with E-state index in [-0.39, 0.29) is 19.1 Å². The molecule has 3 aliphatic rings. The summed E-state index contributed by atoms with van der Waals surface area (Å²) in [6.07, 6.45) is 3.44. The molecule has 3 saturated carbocycles. The van der Waals surface area contributed by atoms with Gasteiger partial charge in [0, 0.05) is 6.04 Å². The SMILES string of the molecule is C[C@H]1[C@H]2C[C@@H](C[C@@H]1N(CC(=O)O)CC(=O)O)C2. The maximum Gasteiger partial charge on any atom is 0.317 e. The lowest BCUT2D eigenvalue weighted by atomic mass is 9.58. The van der Waals surface area contributed by atoms with Crippen molar-refractivity contribution in [2.24, 2.45) is 17.8 Å². The molecule has 0 heterocycles. The third-order valence-electron chi connectivity index (χ3n) is 4.34. The van der Waals surface area contributed by atoms with Crippen LogP contribution in [-0.2, 0) is 9.59 Å². The molecule has 5 heteroatoms. The maximum atomic E-state index is 10.8. The molecule has 2 N–H and O–H groups in total. The van der Waals surface area contributed by atoms with Gasteiger partial charge in [-0.25, -0.2) is 0 Å². The van der Waals surface area contributed by atoms with Crippen LogP contribution in [0.5, 0.6) is 0 Å². The fraction of sp³-hybridized carbons (Fsp3) is 0.833. The molecule has 0 radical (unpaired) electrons. The summed E-state index contributed by atoms with van der Waals surface area (Å²) < 4.78 is 0. The normalized spacial score (nSPS) is 35.4. The highest BCUT2D eigenvalue weighted by Crippen LogP contribution is 2.50. The average molecular weight is 241 g/mol. The minimum atomic E-state index is -0.947. The zero-order valence-electron chi connectivity index (χ0n) is 10.0. The lowest BCUT2D eigenvalue weighted by Gasteiger charge is -2.52. The summed E-state index contributed by atoms with van der Waals surface area (Å²) in [7, 11) is 0. The number of rotatable bonds is 5. The van der Waals surface area contributed by atoms with Crippen molar-refractivity contribution in [3.8, 4) is 0 Å². The van der Waals surface area contributed by atoms with Gasteiger partial charge in [-0.2, -0.15) is 0 Å². The predicted molar refractivity (Wildman–Crippen MR) is 60.6 cm³/mol. The summed E-state index contributed by atoms with van der Waals surface area (Å²) in [5, 5.41) is 17.7. The van der Waals surface area contributed by atoms with Crippen LogP contribution in [0.25, 0.3) is 0 Å². The van der Waals surface area contributed by atoms with Gasteiger partial charge >= 0.3 is 11.9 Å². The van der Waals surface area contributed by atoms with Gasteiger partial charge in [-0.05, 0) is 37.0 Å². The van der Waals surface area contributed by atoms with Crippen LogP contribution in [-0.4, -0.2) is 46.2 Å². The topological polar surface area (TPSA) is 77.8 Å². The van der Waals surface area contributed by atoms with Crippen LogP contribution in [0.3, 0.4) is 0 Å². The van der Waals surface area contributed by atoms with Gasteiger partial charge in [0.1, 0.15) is 0 Å². The monoisotopic (exact) mass is 241 g/mol. The first-order valence-electron chi connectivity index (χ1n) is 6.15. The number of carboxylic acid groups (broad SMARTS) is 2. The Morgan fingerprint density at radius 1 is 1.12 bits per heavy atom. The van der Waals surface area contributed by atoms with Gasteiger partial charge < -0.3 is 10.2 Å². The van der Waals surface area contributed by atoms with Crippen molar-refractivity contribution in [3.05, 3.63) is 0 Å². The molecule has 96 valence electrons. The molecule has 0 saturated heterocycles. The fourth-order valence-corrected chi connectivity index (χ4v) is 3.40. The van der Waals surface area contributed by atoms with E-state index in [2.05, 4.69) is 6.92 Å². The van der Waals surface area contributed by atoms with E-state index in [4.69, 9.17) is 10.2 Å². The summed E-state index contributed by atoms with van der Waals surface area (Å²) in [4.78, 5) is 23.2. The lowest BCUT2D eigenvalue weighted by molar-refractivity contribution is -0.145. The third-order valence-corrected chi connectivity index (χ3v) is 4.34. The summed E-state index contributed by atoms with van der Waals surface area (Å²) >= 11 is 0. The van der Waals surface area contributed by atoms with Crippen LogP contribution in [0.15, 0.2) is 0 Å². The van der Waals surface area contributed by atoms with Crippen molar-refractivity contribution < 1.29 is 19.8 Å². The minimum Gasteiger partial charge on any atom is -0.480 e. The molecule has 0 aromatic rings. The summed E-state index contributed by atoms with van der Waals surface area (Å²) in [5.41, 5.74) is 0. The quantitative estimate of drug-likeness (QED) is 0.747. The molecule has 2 atom stereocenters. The number of nitrogens with zero attached hydrogens (tertiary/aromatic N) is 1. The Balaban J connectivity index is 2.03. The molecule has 0 aromatic carbocycles. The van der Waals surface area contributed by atoms with Crippen LogP contribution >= 0.6 is 0 Å². The van der Waals surface area contributed by atoms with Gasteiger partial charge in [-0.3, -0.25) is 14.5 Å². The van der Waals surface area contributed by atoms with Crippen molar-refractivity contribution in [1.29, 1.82) is 0 Å². The van der Waals surface area contributed by atoms with E-state index in [0.717, 1.165) is 6.42 Å². The van der Waals surface area contributed by atoms with Gasteiger partial charge in [-0.1, -0.05) is 6.92 Å². The largest absolute Gasteiger partial charge is 0.480 e. The summed E-state index contributed by atoms with van der Waals surface area (Å²) in [5.74, 6) is -0.121. The zero-order valence-corrected chi connectivity index (χ0v) is 10.0. The van der Waals surface area contributed by atoms with Gasteiger partial charge in [0.25, 0.3) is 0 Å². The van der Waals surface area contributed by atoms with Gasteiger partial charge in [0.15, 0.2) is 0 Å². The highest BCUT2D eigenvalue weighted by Gasteiger charge is 2.45. The molecule has 0 aliphatic heterocycles. The van der Waals surface area contributed by atoms with E-state index in [0.29, 0.717) is 17.8 Å². The second-order valence-electron chi connectivity index (χ2n) is 5.45. The van der Waals surface area contributed by atoms with Gasteiger partial charge in [0.05, 0.1) is 13.1 Å². The Bertz CT molecular complexity index is 308. The molecule has 0 unspecified atom stereocenters. The van der Waals surface area contributed by atoms with Crippen LogP contribution in [0.2, 0.25) is 0 Å². The van der Waals surface area contributed by atoms with Gasteiger partial charge in [0.2, 0.25) is 0 Å². The highest BCUT2D eigenvalue weighted by molar-refractivity contribution is 5.72. The van der Waals surface area contributed by atoms with E-state index in [1.807, 2.05) is 0 Å². The third kappa shape index (κ3) is 2.60. The Labute approximate surface area is 100 Å². The van der Waals surface area contributed by atoms with Crippen molar-refractivity contribution in [1.82, 2.24) is 4.90 Å². The number of fused-ring (bicyclic) bond motifs is 2. The molecule has 0 amide bonds. The molecule has 5 nitrogen and oxygen atoms in total. The van der Waals surface area contributed by atoms with E-state index in [1.54, 1.807) is 4.90 Å². The number of aliphatic carboxylic acids is 2. The number of hydrogen-bond acceptors (Lipinski definition) is 3. The molecule has 3 aliphatic carbocycles. The van der Waals surface area contributed by atoms with E-state index in [9.17, 15) is 9.59 Å². The Hall–Kier alpha value is -1.10. The predicted octanol–water partition coefficient (Wildman–Crippen LogP) is 0.892. The first kappa shape index (κ1) is 12.4. The van der Waals surface area contributed by atoms with E-state index in [1.165, 1.54) is 12.8 Å². The van der Waals surface area contributed by atoms with Crippen molar-refractivity contribution in [2.45, 2.75) is 32.2 Å². The van der Waals surface area contributed by atoms with Crippen LogP contribution in [0.4, 0.5) is 0 Å². The smallest absolute Gasteiger partial charge is 0.317 e. The molecule has 0 aromatic heterocycles. The first-order valence-corrected chi connectivity index (χ1v) is 6.15. The van der Waals surface area contributed by atoms with Crippen molar-refractivity contribution in [3.63, 3.8) is 0 Å².